The molecular formula is C10H11NO2. The second kappa shape index (κ2) is 4.36. The van der Waals surface area contributed by atoms with E-state index in [1.165, 1.54) is 0 Å². The van der Waals surface area contributed by atoms with Gasteiger partial charge < -0.3 is 9.47 Å². The molecule has 1 aromatic rings. The van der Waals surface area contributed by atoms with E-state index in [-0.39, 0.29) is 0 Å². The lowest BCUT2D eigenvalue weighted by Gasteiger charge is -2.08. The third-order valence-electron chi connectivity index (χ3n) is 1.67. The molecule has 1 rings (SSSR count). The molecule has 0 aliphatic rings. The van der Waals surface area contributed by atoms with Gasteiger partial charge >= 0.3 is 0 Å². The van der Waals surface area contributed by atoms with Gasteiger partial charge in [0.05, 0.1) is 19.8 Å². The van der Waals surface area contributed by atoms with Gasteiger partial charge in [0.25, 0.3) is 0 Å². The van der Waals surface area contributed by atoms with Crippen LogP contribution in [-0.2, 0) is 6.42 Å². The number of pyridine rings is 1. The number of aromatic nitrogens is 1. The summed E-state index contributed by atoms with van der Waals surface area (Å²) < 4.78 is 10.2. The zero-order chi connectivity index (χ0) is 9.68. The predicted octanol–water partition coefficient (Wildman–Crippen LogP) is 1.27. The number of methoxy groups -OCH3 is 2. The molecule has 3 heteroatoms. The van der Waals surface area contributed by atoms with E-state index in [1.807, 2.05) is 0 Å². The molecular weight excluding hydrogens is 166 g/mol. The maximum atomic E-state index is 5.22. The zero-order valence-corrected chi connectivity index (χ0v) is 7.70. The van der Waals surface area contributed by atoms with E-state index < -0.39 is 0 Å². The SMILES string of the molecule is C#CCc1c(OC)ccnc1OC. The number of hydrogen-bond donors (Lipinski definition) is 0. The molecule has 68 valence electrons. The Morgan fingerprint density at radius 3 is 2.77 bits per heavy atom. The Kier molecular flexibility index (Phi) is 3.15. The molecule has 0 unspecified atom stereocenters. The van der Waals surface area contributed by atoms with Crippen LogP contribution in [0, 0.1) is 12.3 Å². The molecule has 0 atom stereocenters. The standard InChI is InChI=1S/C10H11NO2/c1-4-5-8-9(12-2)6-7-11-10(8)13-3/h1,6-7H,5H2,2-3H3. The van der Waals surface area contributed by atoms with E-state index in [0.717, 1.165) is 5.56 Å². The molecule has 0 aliphatic heterocycles. The van der Waals surface area contributed by atoms with Crippen molar-refractivity contribution in [2.45, 2.75) is 6.42 Å². The van der Waals surface area contributed by atoms with E-state index in [1.54, 1.807) is 26.5 Å². The van der Waals surface area contributed by atoms with Crippen molar-refractivity contribution in [3.63, 3.8) is 0 Å². The molecule has 3 nitrogen and oxygen atoms in total. The molecule has 0 aliphatic carbocycles. The van der Waals surface area contributed by atoms with Crippen LogP contribution >= 0.6 is 0 Å². The molecule has 0 aromatic carbocycles. The lowest BCUT2D eigenvalue weighted by Crippen LogP contribution is -1.97. The highest BCUT2D eigenvalue weighted by atomic mass is 16.5. The van der Waals surface area contributed by atoms with Crippen LogP contribution in [0.1, 0.15) is 5.56 Å². The first-order chi connectivity index (χ1) is 6.33. The molecule has 0 radical (unpaired) electrons. The molecule has 0 fully saturated rings. The molecule has 0 saturated heterocycles. The highest BCUT2D eigenvalue weighted by Crippen LogP contribution is 2.25. The molecule has 1 aromatic heterocycles. The monoisotopic (exact) mass is 177 g/mol. The first-order valence-electron chi connectivity index (χ1n) is 3.82. The van der Waals surface area contributed by atoms with Gasteiger partial charge in [-0.1, -0.05) is 0 Å². The fourth-order valence-electron chi connectivity index (χ4n) is 1.09. The fraction of sp³-hybridized carbons (Fsp3) is 0.300. The Morgan fingerprint density at radius 1 is 1.46 bits per heavy atom. The van der Waals surface area contributed by atoms with Crippen molar-refractivity contribution in [2.24, 2.45) is 0 Å². The van der Waals surface area contributed by atoms with Gasteiger partial charge in [-0.2, -0.15) is 0 Å². The van der Waals surface area contributed by atoms with Gasteiger partial charge in [0.15, 0.2) is 0 Å². The maximum absolute atomic E-state index is 5.22. The Labute approximate surface area is 77.7 Å². The van der Waals surface area contributed by atoms with Crippen LogP contribution in [0.3, 0.4) is 0 Å². The van der Waals surface area contributed by atoms with E-state index in [9.17, 15) is 0 Å². The van der Waals surface area contributed by atoms with Crippen molar-refractivity contribution in [3.05, 3.63) is 17.8 Å². The molecule has 0 amide bonds. The fourth-order valence-corrected chi connectivity index (χ4v) is 1.09. The molecule has 0 saturated carbocycles. The minimum atomic E-state index is 0.459. The van der Waals surface area contributed by atoms with Crippen LogP contribution < -0.4 is 9.47 Å². The number of rotatable bonds is 3. The van der Waals surface area contributed by atoms with E-state index in [0.29, 0.717) is 18.1 Å². The summed E-state index contributed by atoms with van der Waals surface area (Å²) in [5.74, 6) is 3.77. The van der Waals surface area contributed by atoms with Crippen LogP contribution in [0.25, 0.3) is 0 Å². The van der Waals surface area contributed by atoms with Crippen molar-refractivity contribution in [3.8, 4) is 24.0 Å². The Morgan fingerprint density at radius 2 is 2.23 bits per heavy atom. The summed E-state index contributed by atoms with van der Waals surface area (Å²) in [5.41, 5.74) is 0.815. The largest absolute Gasteiger partial charge is 0.496 e. The second-order valence-corrected chi connectivity index (χ2v) is 2.38. The van der Waals surface area contributed by atoms with Crippen molar-refractivity contribution < 1.29 is 9.47 Å². The summed E-state index contributed by atoms with van der Waals surface area (Å²) in [6.07, 6.45) is 7.30. The highest BCUT2D eigenvalue weighted by molar-refractivity contribution is 5.41. The highest BCUT2D eigenvalue weighted by Gasteiger charge is 2.08. The van der Waals surface area contributed by atoms with Gasteiger partial charge in [-0.3, -0.25) is 0 Å². The zero-order valence-electron chi connectivity index (χ0n) is 7.70. The summed E-state index contributed by atoms with van der Waals surface area (Å²) in [6, 6.07) is 1.76. The van der Waals surface area contributed by atoms with Crippen LogP contribution in [-0.4, -0.2) is 19.2 Å². The second-order valence-electron chi connectivity index (χ2n) is 2.38. The number of hydrogen-bond acceptors (Lipinski definition) is 3. The Hall–Kier alpha value is -1.69. The number of terminal acetylenes is 1. The van der Waals surface area contributed by atoms with Gasteiger partial charge in [0, 0.05) is 12.6 Å². The van der Waals surface area contributed by atoms with Gasteiger partial charge in [0.1, 0.15) is 5.75 Å². The lowest BCUT2D eigenvalue weighted by molar-refractivity contribution is 0.375. The quantitative estimate of drug-likeness (QED) is 0.651. The van der Waals surface area contributed by atoms with E-state index in [2.05, 4.69) is 10.9 Å². The molecule has 0 bridgehead atoms. The minimum absolute atomic E-state index is 0.459. The van der Waals surface area contributed by atoms with Gasteiger partial charge in [-0.25, -0.2) is 4.98 Å². The predicted molar refractivity (Wildman–Crippen MR) is 49.9 cm³/mol. The Balaban J connectivity index is 3.14. The first kappa shape index (κ1) is 9.40. The molecule has 0 N–H and O–H groups in total. The maximum Gasteiger partial charge on any atom is 0.221 e. The molecule has 13 heavy (non-hydrogen) atoms. The average molecular weight is 177 g/mol. The molecule has 0 spiro atoms. The van der Waals surface area contributed by atoms with Gasteiger partial charge in [-0.05, 0) is 6.07 Å². The third-order valence-corrected chi connectivity index (χ3v) is 1.67. The van der Waals surface area contributed by atoms with Gasteiger partial charge in [-0.15, -0.1) is 12.3 Å². The molecule has 1 heterocycles. The van der Waals surface area contributed by atoms with Crippen LogP contribution in [0.15, 0.2) is 12.3 Å². The van der Waals surface area contributed by atoms with Crippen molar-refractivity contribution >= 4 is 0 Å². The average Bonchev–Trinajstić information content (AvgIpc) is 2.18. The summed E-state index contributed by atoms with van der Waals surface area (Å²) >= 11 is 0. The lowest BCUT2D eigenvalue weighted by atomic mass is 10.2. The normalized spacial score (nSPS) is 9.00. The first-order valence-corrected chi connectivity index (χ1v) is 3.82. The smallest absolute Gasteiger partial charge is 0.221 e. The van der Waals surface area contributed by atoms with E-state index >= 15 is 0 Å². The minimum Gasteiger partial charge on any atom is -0.496 e. The van der Waals surface area contributed by atoms with Crippen LogP contribution in [0.2, 0.25) is 0 Å². The third kappa shape index (κ3) is 1.91. The summed E-state index contributed by atoms with van der Waals surface area (Å²) in [5, 5.41) is 0. The van der Waals surface area contributed by atoms with Crippen molar-refractivity contribution in [1.29, 1.82) is 0 Å². The van der Waals surface area contributed by atoms with Crippen molar-refractivity contribution in [1.82, 2.24) is 4.98 Å². The van der Waals surface area contributed by atoms with E-state index in [4.69, 9.17) is 15.9 Å². The number of ether oxygens (including phenoxy) is 2. The van der Waals surface area contributed by atoms with Crippen LogP contribution in [0.5, 0.6) is 11.6 Å². The topological polar surface area (TPSA) is 31.4 Å². The summed E-state index contributed by atoms with van der Waals surface area (Å²) in [7, 11) is 3.15. The summed E-state index contributed by atoms with van der Waals surface area (Å²) in [6.45, 7) is 0. The van der Waals surface area contributed by atoms with Gasteiger partial charge in [0.2, 0.25) is 5.88 Å². The van der Waals surface area contributed by atoms with Crippen molar-refractivity contribution in [2.75, 3.05) is 14.2 Å². The summed E-state index contributed by atoms with van der Waals surface area (Å²) in [4.78, 5) is 4.03. The van der Waals surface area contributed by atoms with Crippen LogP contribution in [0.4, 0.5) is 0 Å². The Bertz CT molecular complexity index is 306. The number of nitrogens with zero attached hydrogens (tertiary/aromatic N) is 1.